The Morgan fingerprint density at radius 2 is 2.27 bits per heavy atom. The van der Waals surface area contributed by atoms with Gasteiger partial charge in [-0.3, -0.25) is 0 Å². The van der Waals surface area contributed by atoms with Crippen LogP contribution in [-0.2, 0) is 4.74 Å². The molecular weight excluding hydrogens is 196 g/mol. The molecule has 0 aromatic carbocycles. The predicted molar refractivity (Wildman–Crippen MR) is 56.7 cm³/mol. The van der Waals surface area contributed by atoms with Crippen molar-refractivity contribution < 1.29 is 14.6 Å². The van der Waals surface area contributed by atoms with Gasteiger partial charge in [0, 0.05) is 18.6 Å². The van der Waals surface area contributed by atoms with Crippen LogP contribution in [0.1, 0.15) is 27.2 Å². The average Bonchev–Trinajstić information content (AvgIpc) is 2.48. The highest BCUT2D eigenvalue weighted by Crippen LogP contribution is 2.09. The number of ether oxygens (including phenoxy) is 1. The smallest absolute Gasteiger partial charge is 0.407 e. The first kappa shape index (κ1) is 12.3. The van der Waals surface area contributed by atoms with E-state index in [2.05, 4.69) is 10.6 Å². The van der Waals surface area contributed by atoms with Crippen molar-refractivity contribution in [2.45, 2.75) is 44.9 Å². The Balaban J connectivity index is 2.28. The first-order valence-corrected chi connectivity index (χ1v) is 5.24. The molecule has 1 amide bonds. The van der Waals surface area contributed by atoms with Crippen LogP contribution in [0.25, 0.3) is 0 Å². The van der Waals surface area contributed by atoms with Crippen LogP contribution in [0.5, 0.6) is 0 Å². The Labute approximate surface area is 90.2 Å². The van der Waals surface area contributed by atoms with Gasteiger partial charge in [0.25, 0.3) is 0 Å². The maximum absolute atomic E-state index is 11.4. The summed E-state index contributed by atoms with van der Waals surface area (Å²) < 4.78 is 5.13. The summed E-state index contributed by atoms with van der Waals surface area (Å²) in [4.78, 5) is 11.4. The number of nitrogens with one attached hydrogen (secondary N) is 2. The Morgan fingerprint density at radius 1 is 1.60 bits per heavy atom. The molecule has 5 heteroatoms. The van der Waals surface area contributed by atoms with Gasteiger partial charge in [-0.25, -0.2) is 4.79 Å². The average molecular weight is 216 g/mol. The number of hydrogen-bond donors (Lipinski definition) is 3. The molecular formula is C10H20N2O3. The molecule has 1 unspecified atom stereocenters. The summed E-state index contributed by atoms with van der Waals surface area (Å²) in [5, 5.41) is 14.8. The number of alkyl carbamates (subject to hydrolysis) is 1. The molecule has 3 N–H and O–H groups in total. The fraction of sp³-hybridized carbons (Fsp3) is 0.900. The fourth-order valence-electron chi connectivity index (χ4n) is 1.54. The van der Waals surface area contributed by atoms with Gasteiger partial charge in [0.1, 0.15) is 5.60 Å². The Hall–Kier alpha value is -0.810. The summed E-state index contributed by atoms with van der Waals surface area (Å²) in [5.74, 6) is 0. The maximum atomic E-state index is 11.4. The van der Waals surface area contributed by atoms with E-state index >= 15 is 0 Å². The number of aliphatic hydroxyl groups excluding tert-OH is 1. The zero-order chi connectivity index (χ0) is 11.5. The lowest BCUT2D eigenvalue weighted by atomic mass is 10.2. The standard InChI is InChI=1S/C10H20N2O3/c1-10(2,3)15-9(14)12-7-4-8(6-13)11-5-7/h7-8,11,13H,4-6H2,1-3H3,(H,12,14)/t7-,8?/m1/s1. The van der Waals surface area contributed by atoms with Crippen molar-refractivity contribution in [2.75, 3.05) is 13.2 Å². The van der Waals surface area contributed by atoms with Crippen molar-refractivity contribution in [3.8, 4) is 0 Å². The topological polar surface area (TPSA) is 70.6 Å². The van der Waals surface area contributed by atoms with E-state index in [4.69, 9.17) is 9.84 Å². The minimum absolute atomic E-state index is 0.0528. The van der Waals surface area contributed by atoms with Gasteiger partial charge in [0.05, 0.1) is 6.61 Å². The summed E-state index contributed by atoms with van der Waals surface area (Å²) in [6, 6.07) is 0.141. The Kier molecular flexibility index (Phi) is 3.93. The van der Waals surface area contributed by atoms with E-state index in [0.29, 0.717) is 6.54 Å². The molecule has 0 bridgehead atoms. The molecule has 2 atom stereocenters. The third kappa shape index (κ3) is 4.48. The van der Waals surface area contributed by atoms with Crippen LogP contribution in [0, 0.1) is 0 Å². The van der Waals surface area contributed by atoms with Crippen LogP contribution in [-0.4, -0.2) is 42.0 Å². The molecule has 5 nitrogen and oxygen atoms in total. The lowest BCUT2D eigenvalue weighted by Gasteiger charge is -2.21. The van der Waals surface area contributed by atoms with E-state index in [1.165, 1.54) is 0 Å². The second-order valence-electron chi connectivity index (χ2n) is 4.87. The van der Waals surface area contributed by atoms with E-state index in [1.807, 2.05) is 20.8 Å². The quantitative estimate of drug-likeness (QED) is 0.618. The largest absolute Gasteiger partial charge is 0.444 e. The number of amides is 1. The Morgan fingerprint density at radius 3 is 2.73 bits per heavy atom. The molecule has 0 radical (unpaired) electrons. The van der Waals surface area contributed by atoms with Crippen molar-refractivity contribution in [3.63, 3.8) is 0 Å². The number of aliphatic hydroxyl groups is 1. The van der Waals surface area contributed by atoms with Gasteiger partial charge in [-0.2, -0.15) is 0 Å². The highest BCUT2D eigenvalue weighted by atomic mass is 16.6. The molecule has 0 saturated carbocycles. The van der Waals surface area contributed by atoms with E-state index in [-0.39, 0.29) is 18.7 Å². The SMILES string of the molecule is CC(C)(C)OC(=O)N[C@H]1CNC(CO)C1. The summed E-state index contributed by atoms with van der Waals surface area (Å²) >= 11 is 0. The summed E-state index contributed by atoms with van der Waals surface area (Å²) in [6.45, 7) is 6.28. The highest BCUT2D eigenvalue weighted by molar-refractivity contribution is 5.68. The van der Waals surface area contributed by atoms with E-state index in [1.54, 1.807) is 0 Å². The predicted octanol–water partition coefficient (Wildman–Crippen LogP) is 0.234. The van der Waals surface area contributed by atoms with Gasteiger partial charge in [-0.1, -0.05) is 0 Å². The van der Waals surface area contributed by atoms with Crippen LogP contribution < -0.4 is 10.6 Å². The monoisotopic (exact) mass is 216 g/mol. The van der Waals surface area contributed by atoms with Crippen molar-refractivity contribution in [1.29, 1.82) is 0 Å². The molecule has 0 aromatic heterocycles. The maximum Gasteiger partial charge on any atom is 0.407 e. The molecule has 88 valence electrons. The second kappa shape index (κ2) is 4.81. The van der Waals surface area contributed by atoms with Gasteiger partial charge in [-0.05, 0) is 27.2 Å². The van der Waals surface area contributed by atoms with Gasteiger partial charge in [0.15, 0.2) is 0 Å². The number of carbonyl (C=O) groups is 1. The molecule has 1 saturated heterocycles. The zero-order valence-electron chi connectivity index (χ0n) is 9.54. The van der Waals surface area contributed by atoms with Crippen molar-refractivity contribution in [3.05, 3.63) is 0 Å². The second-order valence-corrected chi connectivity index (χ2v) is 4.87. The van der Waals surface area contributed by atoms with E-state index in [9.17, 15) is 4.79 Å². The van der Waals surface area contributed by atoms with Crippen LogP contribution in [0.15, 0.2) is 0 Å². The van der Waals surface area contributed by atoms with Crippen molar-refractivity contribution >= 4 is 6.09 Å². The number of carbonyl (C=O) groups excluding carboxylic acids is 1. The highest BCUT2D eigenvalue weighted by Gasteiger charge is 2.26. The molecule has 1 aliphatic rings. The molecule has 1 heterocycles. The lowest BCUT2D eigenvalue weighted by molar-refractivity contribution is 0.0507. The van der Waals surface area contributed by atoms with Crippen molar-refractivity contribution in [2.24, 2.45) is 0 Å². The first-order chi connectivity index (χ1) is 6.90. The van der Waals surface area contributed by atoms with Gasteiger partial charge >= 0.3 is 6.09 Å². The third-order valence-electron chi connectivity index (χ3n) is 2.16. The number of rotatable bonds is 2. The molecule has 1 aliphatic heterocycles. The van der Waals surface area contributed by atoms with E-state index in [0.717, 1.165) is 6.42 Å². The van der Waals surface area contributed by atoms with E-state index < -0.39 is 11.7 Å². The first-order valence-electron chi connectivity index (χ1n) is 5.24. The zero-order valence-corrected chi connectivity index (χ0v) is 9.54. The molecule has 1 rings (SSSR count). The minimum atomic E-state index is -0.466. The lowest BCUT2D eigenvalue weighted by Crippen LogP contribution is -2.40. The normalized spacial score (nSPS) is 26.4. The third-order valence-corrected chi connectivity index (χ3v) is 2.16. The summed E-state index contributed by atoms with van der Waals surface area (Å²) in [7, 11) is 0. The van der Waals surface area contributed by atoms with Gasteiger partial charge < -0.3 is 20.5 Å². The van der Waals surface area contributed by atoms with Crippen LogP contribution in [0.2, 0.25) is 0 Å². The van der Waals surface area contributed by atoms with Crippen LogP contribution in [0.4, 0.5) is 4.79 Å². The molecule has 15 heavy (non-hydrogen) atoms. The Bertz CT molecular complexity index is 225. The van der Waals surface area contributed by atoms with Gasteiger partial charge in [-0.15, -0.1) is 0 Å². The fourth-order valence-corrected chi connectivity index (χ4v) is 1.54. The van der Waals surface area contributed by atoms with Crippen LogP contribution in [0.3, 0.4) is 0 Å². The summed E-state index contributed by atoms with van der Waals surface area (Å²) in [6.07, 6.45) is 0.350. The number of hydrogen-bond acceptors (Lipinski definition) is 4. The molecule has 0 aliphatic carbocycles. The van der Waals surface area contributed by atoms with Crippen LogP contribution >= 0.6 is 0 Å². The summed E-state index contributed by atoms with van der Waals surface area (Å²) in [5.41, 5.74) is -0.466. The van der Waals surface area contributed by atoms with Gasteiger partial charge in [0.2, 0.25) is 0 Å². The molecule has 0 spiro atoms. The molecule has 0 aromatic rings. The minimum Gasteiger partial charge on any atom is -0.444 e. The molecule has 1 fully saturated rings. The van der Waals surface area contributed by atoms with Crippen molar-refractivity contribution in [1.82, 2.24) is 10.6 Å².